The molecule has 0 radical (unpaired) electrons. The van der Waals surface area contributed by atoms with Crippen molar-refractivity contribution in [3.63, 3.8) is 0 Å². The molecular formula is C75H39N9. The van der Waals surface area contributed by atoms with E-state index in [-0.39, 0.29) is 16.7 Å². The lowest BCUT2D eigenvalue weighted by atomic mass is 9.98. The SMILES string of the molecule is N#Cc1ccc(-n2c3ccccc3c3cc4c5ccccc5n(-c5ccc(-c6ccc(-c7ccc8c(c7)c7cc9c%10ccccc%10n(-c%10c(C#N)cc(C#N)cc%10C#N)c9cc7n8-c7ccc8ccccc8c7)cc6)cc5)c4cc32)c(C#N)c1. The Balaban J connectivity index is 0.812. The zero-order valence-corrected chi connectivity index (χ0v) is 44.5. The number of rotatable bonds is 6. The maximum atomic E-state index is 10.5. The van der Waals surface area contributed by atoms with Gasteiger partial charge < -0.3 is 18.3 Å². The lowest BCUT2D eigenvalue weighted by molar-refractivity contribution is 1.15. The molecule has 9 nitrogen and oxygen atoms in total. The van der Waals surface area contributed by atoms with Crippen LogP contribution in [0.3, 0.4) is 0 Å². The quantitative estimate of drug-likeness (QED) is 0.163. The third-order valence-corrected chi connectivity index (χ3v) is 16.9. The molecule has 0 fully saturated rings. The summed E-state index contributed by atoms with van der Waals surface area (Å²) in [6.45, 7) is 0. The Morgan fingerprint density at radius 1 is 0.238 bits per heavy atom. The van der Waals surface area contributed by atoms with E-state index in [1.165, 1.54) is 0 Å². The van der Waals surface area contributed by atoms with Gasteiger partial charge in [-0.1, -0.05) is 127 Å². The molecule has 12 aromatic carbocycles. The average molecular weight is 1070 g/mol. The van der Waals surface area contributed by atoms with Crippen molar-refractivity contribution in [1.29, 1.82) is 26.3 Å². The summed E-state index contributed by atoms with van der Waals surface area (Å²) in [7, 11) is 0. The molecular weight excluding hydrogens is 1030 g/mol. The largest absolute Gasteiger partial charge is 0.309 e. The Morgan fingerprint density at radius 3 is 1.26 bits per heavy atom. The molecule has 0 bridgehead atoms. The van der Waals surface area contributed by atoms with Crippen LogP contribution >= 0.6 is 0 Å². The molecule has 4 aromatic heterocycles. The minimum atomic E-state index is 0.248. The van der Waals surface area contributed by atoms with Crippen molar-refractivity contribution >= 4 is 98.0 Å². The van der Waals surface area contributed by atoms with Crippen LogP contribution in [0.15, 0.2) is 237 Å². The van der Waals surface area contributed by atoms with Gasteiger partial charge in [0.15, 0.2) is 0 Å². The molecule has 16 rings (SSSR count). The molecule has 0 aliphatic heterocycles. The van der Waals surface area contributed by atoms with Gasteiger partial charge >= 0.3 is 0 Å². The van der Waals surface area contributed by atoms with Crippen LogP contribution in [-0.2, 0) is 0 Å². The van der Waals surface area contributed by atoms with Crippen molar-refractivity contribution in [1.82, 2.24) is 18.3 Å². The molecule has 4 heterocycles. The number of hydrogen-bond donors (Lipinski definition) is 0. The van der Waals surface area contributed by atoms with Crippen LogP contribution in [0.1, 0.15) is 27.8 Å². The minimum Gasteiger partial charge on any atom is -0.309 e. The van der Waals surface area contributed by atoms with E-state index in [0.717, 1.165) is 137 Å². The predicted molar refractivity (Wildman–Crippen MR) is 336 cm³/mol. The summed E-state index contributed by atoms with van der Waals surface area (Å²) in [6.07, 6.45) is 0. The van der Waals surface area contributed by atoms with Crippen LogP contribution in [0.5, 0.6) is 0 Å². The predicted octanol–water partition coefficient (Wildman–Crippen LogP) is 17.9. The average Bonchev–Trinajstić information content (AvgIpc) is 2.24. The van der Waals surface area contributed by atoms with Crippen LogP contribution in [0, 0.1) is 56.7 Å². The Morgan fingerprint density at radius 2 is 0.667 bits per heavy atom. The van der Waals surface area contributed by atoms with Gasteiger partial charge in [0.05, 0.1) is 95.5 Å². The normalized spacial score (nSPS) is 11.5. The molecule has 0 spiro atoms. The monoisotopic (exact) mass is 1070 g/mol. The molecule has 0 aliphatic rings. The summed E-state index contributed by atoms with van der Waals surface area (Å²) in [5.41, 5.74) is 16.9. The van der Waals surface area contributed by atoms with Crippen LogP contribution < -0.4 is 0 Å². The molecule has 0 atom stereocenters. The molecule has 0 unspecified atom stereocenters. The molecule has 384 valence electrons. The molecule has 0 amide bonds. The first-order chi connectivity index (χ1) is 41.4. The first-order valence-electron chi connectivity index (χ1n) is 27.4. The van der Waals surface area contributed by atoms with E-state index in [4.69, 9.17) is 0 Å². The van der Waals surface area contributed by atoms with Crippen molar-refractivity contribution in [3.8, 4) is 75.3 Å². The van der Waals surface area contributed by atoms with Gasteiger partial charge in [-0.3, -0.25) is 0 Å². The molecule has 84 heavy (non-hydrogen) atoms. The van der Waals surface area contributed by atoms with Crippen molar-refractivity contribution in [2.75, 3.05) is 0 Å². The molecule has 9 heteroatoms. The third-order valence-electron chi connectivity index (χ3n) is 16.9. The Hall–Kier alpha value is -12.5. The zero-order valence-electron chi connectivity index (χ0n) is 44.5. The van der Waals surface area contributed by atoms with E-state index in [1.54, 1.807) is 24.3 Å². The first kappa shape index (κ1) is 47.5. The second-order valence-corrected chi connectivity index (χ2v) is 21.3. The van der Waals surface area contributed by atoms with Crippen LogP contribution in [0.25, 0.3) is 143 Å². The molecule has 0 aliphatic carbocycles. The smallest absolute Gasteiger partial charge is 0.101 e. The van der Waals surface area contributed by atoms with Crippen molar-refractivity contribution in [2.45, 2.75) is 0 Å². The minimum absolute atomic E-state index is 0.248. The Bertz CT molecular complexity index is 5760. The van der Waals surface area contributed by atoms with E-state index in [9.17, 15) is 26.3 Å². The van der Waals surface area contributed by atoms with Gasteiger partial charge in [0.25, 0.3) is 0 Å². The van der Waals surface area contributed by atoms with Crippen LogP contribution in [0.4, 0.5) is 0 Å². The van der Waals surface area contributed by atoms with E-state index in [0.29, 0.717) is 16.8 Å². The fourth-order valence-electron chi connectivity index (χ4n) is 13.1. The van der Waals surface area contributed by atoms with Crippen LogP contribution in [0.2, 0.25) is 0 Å². The number of para-hydroxylation sites is 3. The summed E-state index contributed by atoms with van der Waals surface area (Å²) in [5, 5.41) is 61.8. The maximum Gasteiger partial charge on any atom is 0.101 e. The van der Waals surface area contributed by atoms with Gasteiger partial charge in [0, 0.05) is 54.5 Å². The summed E-state index contributed by atoms with van der Waals surface area (Å²) < 4.78 is 8.80. The van der Waals surface area contributed by atoms with Gasteiger partial charge in [-0.15, -0.1) is 0 Å². The second kappa shape index (κ2) is 18.3. The van der Waals surface area contributed by atoms with E-state index >= 15 is 0 Å². The Kier molecular flexibility index (Phi) is 10.4. The summed E-state index contributed by atoms with van der Waals surface area (Å²) >= 11 is 0. The molecule has 0 saturated heterocycles. The summed E-state index contributed by atoms with van der Waals surface area (Å²) in [5.74, 6) is 0. The highest BCUT2D eigenvalue weighted by atomic mass is 15.0. The summed E-state index contributed by atoms with van der Waals surface area (Å²) in [4.78, 5) is 0. The fourth-order valence-corrected chi connectivity index (χ4v) is 13.1. The van der Waals surface area contributed by atoms with Gasteiger partial charge in [-0.05, 0) is 142 Å². The van der Waals surface area contributed by atoms with E-state index in [2.05, 4.69) is 220 Å². The lowest BCUT2D eigenvalue weighted by Crippen LogP contribution is -2.02. The first-order valence-corrected chi connectivity index (χ1v) is 27.4. The lowest BCUT2D eigenvalue weighted by Gasteiger charge is -2.13. The van der Waals surface area contributed by atoms with Crippen molar-refractivity contribution < 1.29 is 0 Å². The van der Waals surface area contributed by atoms with Gasteiger partial charge in [0.1, 0.15) is 18.2 Å². The Labute approximate surface area is 479 Å². The van der Waals surface area contributed by atoms with Crippen molar-refractivity contribution in [3.05, 3.63) is 264 Å². The summed E-state index contributed by atoms with van der Waals surface area (Å²) in [6, 6.07) is 92.7. The molecule has 16 aromatic rings. The zero-order chi connectivity index (χ0) is 56.3. The van der Waals surface area contributed by atoms with Gasteiger partial charge in [0.2, 0.25) is 0 Å². The highest BCUT2D eigenvalue weighted by Crippen LogP contribution is 2.44. The molecule has 0 N–H and O–H groups in total. The number of aromatic nitrogens is 4. The number of fused-ring (bicyclic) bond motifs is 13. The van der Waals surface area contributed by atoms with E-state index in [1.807, 2.05) is 41.0 Å². The topological polar surface area (TPSA) is 139 Å². The number of benzene rings is 12. The van der Waals surface area contributed by atoms with Crippen molar-refractivity contribution in [2.24, 2.45) is 0 Å². The fraction of sp³-hybridized carbons (Fsp3) is 0. The number of nitrogens with zero attached hydrogens (tertiary/aromatic N) is 9. The third kappa shape index (κ3) is 6.97. The number of hydrogen-bond acceptors (Lipinski definition) is 5. The standard InChI is InChI=1S/C75H39N9/c76-40-45-17-29-66(53(31-45)42-78)83-68-15-7-4-12-59(68)63-36-62-58-11-3-6-14-67(58)81(71(62)38-73(63)83)56-26-22-49(23-27-56)48-18-20-50(21-19-48)52-25-30-70-61(35-52)65-37-64-60-13-5-8-16-69(60)84(75-54(43-79)32-46(41-77)33-55(75)44-80)74(64)39-72(65)82(70)57-28-24-47-9-1-2-10-51(47)34-57/h1-39H. The second-order valence-electron chi connectivity index (χ2n) is 21.3. The molecule has 0 saturated carbocycles. The highest BCUT2D eigenvalue weighted by molar-refractivity contribution is 6.21. The van der Waals surface area contributed by atoms with E-state index < -0.39 is 0 Å². The van der Waals surface area contributed by atoms with Gasteiger partial charge in [-0.2, -0.15) is 26.3 Å². The van der Waals surface area contributed by atoms with Gasteiger partial charge in [-0.25, -0.2) is 0 Å². The maximum absolute atomic E-state index is 10.5. The number of nitriles is 5. The highest BCUT2D eigenvalue weighted by Gasteiger charge is 2.24. The van der Waals surface area contributed by atoms with Crippen LogP contribution in [-0.4, -0.2) is 18.3 Å².